The van der Waals surface area contributed by atoms with Gasteiger partial charge in [-0.1, -0.05) is 7.43 Å². The van der Waals surface area contributed by atoms with E-state index in [-0.39, 0.29) is 13.0 Å². The molecular weight excluding hydrogens is 218 g/mol. The standard InChI is InChI=1S/C12H11NO3.CH4/c1-8-5-10(16-2)3-4-11(8)9(7-13)6-12(14)15;/h3-6H,1-2H3,(H,14,15);1H4. The van der Waals surface area contributed by atoms with E-state index >= 15 is 0 Å². The van der Waals surface area contributed by atoms with Crippen LogP contribution < -0.4 is 4.74 Å². The monoisotopic (exact) mass is 233 g/mol. The van der Waals surface area contributed by atoms with Crippen molar-refractivity contribution in [2.24, 2.45) is 0 Å². The first-order chi connectivity index (χ1) is 7.58. The predicted octanol–water partition coefficient (Wildman–Crippen LogP) is 2.63. The third-order valence-corrected chi connectivity index (χ3v) is 2.11. The van der Waals surface area contributed by atoms with Crippen molar-refractivity contribution in [3.05, 3.63) is 35.4 Å². The lowest BCUT2D eigenvalue weighted by atomic mass is 10.0. The third kappa shape index (κ3) is 3.65. The van der Waals surface area contributed by atoms with Gasteiger partial charge in [0.25, 0.3) is 0 Å². The van der Waals surface area contributed by atoms with Gasteiger partial charge in [-0.05, 0) is 36.2 Å². The van der Waals surface area contributed by atoms with Crippen molar-refractivity contribution >= 4 is 11.5 Å². The Morgan fingerprint density at radius 3 is 2.59 bits per heavy atom. The fourth-order valence-corrected chi connectivity index (χ4v) is 1.36. The molecule has 0 saturated carbocycles. The highest BCUT2D eigenvalue weighted by Crippen LogP contribution is 2.22. The average Bonchev–Trinajstić information content (AvgIpc) is 2.25. The number of carboxylic acids is 1. The minimum atomic E-state index is -1.13. The van der Waals surface area contributed by atoms with Crippen LogP contribution >= 0.6 is 0 Å². The molecule has 0 aliphatic rings. The molecule has 1 rings (SSSR count). The molecule has 1 aromatic carbocycles. The Morgan fingerprint density at radius 2 is 2.18 bits per heavy atom. The Labute approximate surface area is 101 Å². The normalized spacial score (nSPS) is 10.1. The van der Waals surface area contributed by atoms with Crippen LogP contribution in [-0.4, -0.2) is 18.2 Å². The topological polar surface area (TPSA) is 70.3 Å². The Kier molecular flexibility index (Phi) is 5.48. The highest BCUT2D eigenvalue weighted by Gasteiger charge is 2.07. The van der Waals surface area contributed by atoms with Gasteiger partial charge in [0, 0.05) is 6.08 Å². The van der Waals surface area contributed by atoms with Crippen LogP contribution in [-0.2, 0) is 4.79 Å². The molecule has 0 unspecified atom stereocenters. The third-order valence-electron chi connectivity index (χ3n) is 2.11. The summed E-state index contributed by atoms with van der Waals surface area (Å²) in [6.07, 6.45) is 0.898. The summed E-state index contributed by atoms with van der Waals surface area (Å²) in [6.45, 7) is 1.80. The first kappa shape index (κ1) is 14.7. The van der Waals surface area contributed by atoms with Crippen LogP contribution in [0.5, 0.6) is 5.75 Å². The SMILES string of the molecule is C.COc1ccc(C(C#N)=CC(=O)O)c(C)c1. The molecule has 1 N–H and O–H groups in total. The molecule has 0 aromatic heterocycles. The van der Waals surface area contributed by atoms with Gasteiger partial charge >= 0.3 is 5.97 Å². The van der Waals surface area contributed by atoms with Gasteiger partial charge in [-0.3, -0.25) is 0 Å². The Balaban J connectivity index is 0.00000256. The molecule has 0 bridgehead atoms. The number of nitriles is 1. The molecule has 0 amide bonds. The number of allylic oxidation sites excluding steroid dienone is 1. The number of carbonyl (C=O) groups is 1. The van der Waals surface area contributed by atoms with Gasteiger partial charge in [0.2, 0.25) is 0 Å². The van der Waals surface area contributed by atoms with Crippen LogP contribution in [0.1, 0.15) is 18.6 Å². The number of nitrogens with zero attached hydrogens (tertiary/aromatic N) is 1. The summed E-state index contributed by atoms with van der Waals surface area (Å²) in [7, 11) is 1.55. The molecule has 1 aromatic rings. The van der Waals surface area contributed by atoms with E-state index in [0.29, 0.717) is 11.3 Å². The molecule has 0 spiro atoms. The van der Waals surface area contributed by atoms with Gasteiger partial charge in [-0.25, -0.2) is 4.79 Å². The molecular formula is C13H15NO3. The number of ether oxygens (including phenoxy) is 1. The minimum Gasteiger partial charge on any atom is -0.497 e. The molecule has 90 valence electrons. The summed E-state index contributed by atoms with van der Waals surface area (Å²) in [6, 6.07) is 6.98. The maximum atomic E-state index is 10.5. The zero-order chi connectivity index (χ0) is 12.1. The van der Waals surface area contributed by atoms with Crippen LogP contribution in [0.2, 0.25) is 0 Å². The second kappa shape index (κ2) is 6.33. The van der Waals surface area contributed by atoms with Crippen LogP contribution in [0.4, 0.5) is 0 Å². The molecule has 0 atom stereocenters. The van der Waals surface area contributed by atoms with Gasteiger partial charge in [0.15, 0.2) is 0 Å². The lowest BCUT2D eigenvalue weighted by Gasteiger charge is -2.06. The lowest BCUT2D eigenvalue weighted by molar-refractivity contribution is -0.131. The smallest absolute Gasteiger partial charge is 0.329 e. The lowest BCUT2D eigenvalue weighted by Crippen LogP contribution is -1.94. The van der Waals surface area contributed by atoms with Crippen LogP contribution in [0.25, 0.3) is 5.57 Å². The second-order valence-electron chi connectivity index (χ2n) is 3.19. The number of hydrogen-bond donors (Lipinski definition) is 1. The van der Waals surface area contributed by atoms with E-state index in [0.717, 1.165) is 11.6 Å². The highest BCUT2D eigenvalue weighted by molar-refractivity contribution is 5.94. The largest absolute Gasteiger partial charge is 0.497 e. The van der Waals surface area contributed by atoms with Crippen molar-refractivity contribution < 1.29 is 14.6 Å². The predicted molar refractivity (Wildman–Crippen MR) is 65.7 cm³/mol. The van der Waals surface area contributed by atoms with Crippen molar-refractivity contribution in [1.82, 2.24) is 0 Å². The molecule has 0 aliphatic heterocycles. The van der Waals surface area contributed by atoms with E-state index in [4.69, 9.17) is 15.1 Å². The van der Waals surface area contributed by atoms with Crippen molar-refractivity contribution in [3.63, 3.8) is 0 Å². The molecule has 0 saturated heterocycles. The van der Waals surface area contributed by atoms with Gasteiger partial charge in [-0.15, -0.1) is 0 Å². The van der Waals surface area contributed by atoms with Crippen molar-refractivity contribution in [2.75, 3.05) is 7.11 Å². The minimum absolute atomic E-state index is 0. The summed E-state index contributed by atoms with van der Waals surface area (Å²) in [5.41, 5.74) is 1.53. The molecule has 0 aliphatic carbocycles. The van der Waals surface area contributed by atoms with Gasteiger partial charge in [-0.2, -0.15) is 5.26 Å². The molecule has 0 radical (unpaired) electrons. The van der Waals surface area contributed by atoms with E-state index in [9.17, 15) is 4.79 Å². The molecule has 17 heavy (non-hydrogen) atoms. The van der Waals surface area contributed by atoms with Gasteiger partial charge in [0.05, 0.1) is 12.7 Å². The van der Waals surface area contributed by atoms with Gasteiger partial charge < -0.3 is 9.84 Å². The maximum absolute atomic E-state index is 10.5. The number of benzene rings is 1. The first-order valence-corrected chi connectivity index (χ1v) is 4.58. The number of rotatable bonds is 3. The number of carboxylic acid groups (broad SMARTS) is 1. The van der Waals surface area contributed by atoms with E-state index in [1.54, 1.807) is 32.2 Å². The second-order valence-corrected chi connectivity index (χ2v) is 3.19. The van der Waals surface area contributed by atoms with Gasteiger partial charge in [0.1, 0.15) is 11.8 Å². The molecule has 0 fully saturated rings. The Bertz CT molecular complexity index is 484. The number of hydrogen-bond acceptors (Lipinski definition) is 3. The number of methoxy groups -OCH3 is 1. The van der Waals surface area contributed by atoms with Crippen molar-refractivity contribution in [3.8, 4) is 11.8 Å². The maximum Gasteiger partial charge on any atom is 0.329 e. The molecule has 0 heterocycles. The summed E-state index contributed by atoms with van der Waals surface area (Å²) < 4.78 is 5.03. The van der Waals surface area contributed by atoms with E-state index in [1.807, 2.05) is 6.07 Å². The number of aryl methyl sites for hydroxylation is 1. The van der Waals surface area contributed by atoms with E-state index in [2.05, 4.69) is 0 Å². The summed E-state index contributed by atoms with van der Waals surface area (Å²) >= 11 is 0. The first-order valence-electron chi connectivity index (χ1n) is 4.58. The zero-order valence-electron chi connectivity index (χ0n) is 9.02. The number of aliphatic carboxylic acids is 1. The summed E-state index contributed by atoms with van der Waals surface area (Å²) in [5.74, 6) is -0.458. The van der Waals surface area contributed by atoms with E-state index in [1.165, 1.54) is 0 Å². The van der Waals surface area contributed by atoms with Crippen molar-refractivity contribution in [2.45, 2.75) is 14.4 Å². The highest BCUT2D eigenvalue weighted by atomic mass is 16.5. The molecule has 4 nitrogen and oxygen atoms in total. The fourth-order valence-electron chi connectivity index (χ4n) is 1.36. The summed E-state index contributed by atoms with van der Waals surface area (Å²) in [4.78, 5) is 10.5. The van der Waals surface area contributed by atoms with E-state index < -0.39 is 5.97 Å². The van der Waals surface area contributed by atoms with Crippen LogP contribution in [0.15, 0.2) is 24.3 Å². The Morgan fingerprint density at radius 1 is 1.53 bits per heavy atom. The average molecular weight is 233 g/mol. The Hall–Kier alpha value is -2.28. The quantitative estimate of drug-likeness (QED) is 0.643. The fraction of sp³-hybridized carbons (Fsp3) is 0.231. The van der Waals surface area contributed by atoms with Crippen LogP contribution in [0.3, 0.4) is 0 Å². The summed E-state index contributed by atoms with van der Waals surface area (Å²) in [5, 5.41) is 17.5. The molecule has 4 heteroatoms. The van der Waals surface area contributed by atoms with Crippen molar-refractivity contribution in [1.29, 1.82) is 5.26 Å². The van der Waals surface area contributed by atoms with Crippen LogP contribution in [0, 0.1) is 18.3 Å². The zero-order valence-corrected chi connectivity index (χ0v) is 9.02.